The first kappa shape index (κ1) is 15.3. The number of piperidine rings is 1. The highest BCUT2D eigenvalue weighted by atomic mass is 35.5. The van der Waals surface area contributed by atoms with Gasteiger partial charge in [0, 0.05) is 11.4 Å². The molecule has 1 aliphatic heterocycles. The van der Waals surface area contributed by atoms with Crippen molar-refractivity contribution in [2.45, 2.75) is 31.7 Å². The molecule has 0 aliphatic carbocycles. The third-order valence-electron chi connectivity index (χ3n) is 3.37. The lowest BCUT2D eigenvalue weighted by Crippen LogP contribution is -2.27. The summed E-state index contributed by atoms with van der Waals surface area (Å²) in [4.78, 5) is 4.48. The number of nitrogens with one attached hydrogen (secondary N) is 1. The van der Waals surface area contributed by atoms with Crippen LogP contribution in [-0.2, 0) is 6.42 Å². The molecule has 0 amide bonds. The van der Waals surface area contributed by atoms with Gasteiger partial charge in [-0.1, -0.05) is 35.3 Å². The fourth-order valence-corrected chi connectivity index (χ4v) is 2.45. The topological polar surface area (TPSA) is 51.0 Å². The Morgan fingerprint density at radius 1 is 1.25 bits per heavy atom. The number of hydrogen-bond acceptors (Lipinski definition) is 4. The van der Waals surface area contributed by atoms with E-state index in [1.54, 1.807) is 0 Å². The highest BCUT2D eigenvalue weighted by molar-refractivity contribution is 6.30. The summed E-state index contributed by atoms with van der Waals surface area (Å²) in [7, 11) is 0. The second kappa shape index (κ2) is 7.07. The normalized spacial score (nSPS) is 18.6. The SMILES string of the molecule is Cl.Clc1ccc(Cc2noc([C@H]3CCCCN3)n2)cc1. The molecule has 1 atom stereocenters. The minimum absolute atomic E-state index is 0. The van der Waals surface area contributed by atoms with Crippen LogP contribution < -0.4 is 5.32 Å². The van der Waals surface area contributed by atoms with E-state index < -0.39 is 0 Å². The fraction of sp³-hybridized carbons (Fsp3) is 0.429. The summed E-state index contributed by atoms with van der Waals surface area (Å²) in [5, 5.41) is 8.20. The van der Waals surface area contributed by atoms with E-state index in [-0.39, 0.29) is 18.4 Å². The van der Waals surface area contributed by atoms with Crippen molar-refractivity contribution in [2.24, 2.45) is 0 Å². The number of nitrogens with zero attached hydrogens (tertiary/aromatic N) is 2. The molecule has 1 aliphatic rings. The summed E-state index contributed by atoms with van der Waals surface area (Å²) in [5.41, 5.74) is 1.13. The van der Waals surface area contributed by atoms with Crippen LogP contribution in [0.15, 0.2) is 28.8 Å². The second-order valence-electron chi connectivity index (χ2n) is 4.85. The Labute approximate surface area is 129 Å². The van der Waals surface area contributed by atoms with Crippen molar-refractivity contribution in [3.05, 3.63) is 46.6 Å². The van der Waals surface area contributed by atoms with E-state index in [9.17, 15) is 0 Å². The van der Waals surface area contributed by atoms with Crippen LogP contribution in [0, 0.1) is 0 Å². The summed E-state index contributed by atoms with van der Waals surface area (Å²) in [5.74, 6) is 1.44. The fourth-order valence-electron chi connectivity index (χ4n) is 2.33. The summed E-state index contributed by atoms with van der Waals surface area (Å²) >= 11 is 5.86. The molecule has 3 rings (SSSR count). The van der Waals surface area contributed by atoms with Crippen molar-refractivity contribution >= 4 is 24.0 Å². The maximum atomic E-state index is 5.86. The van der Waals surface area contributed by atoms with E-state index in [1.807, 2.05) is 24.3 Å². The Balaban J connectivity index is 0.00000147. The molecule has 20 heavy (non-hydrogen) atoms. The highest BCUT2D eigenvalue weighted by Crippen LogP contribution is 2.21. The molecule has 2 aromatic rings. The molecule has 1 aromatic heterocycles. The average Bonchev–Trinajstić information content (AvgIpc) is 2.91. The first-order chi connectivity index (χ1) is 9.31. The largest absolute Gasteiger partial charge is 0.338 e. The highest BCUT2D eigenvalue weighted by Gasteiger charge is 2.20. The van der Waals surface area contributed by atoms with Crippen LogP contribution >= 0.6 is 24.0 Å². The standard InChI is InChI=1S/C14H16ClN3O.ClH/c15-11-6-4-10(5-7-11)9-13-17-14(19-18-13)12-3-1-2-8-16-12;/h4-7,12,16H,1-3,8-9H2;1H/t12-;/m1./s1. The van der Waals surface area contributed by atoms with Gasteiger partial charge in [0.15, 0.2) is 5.82 Å². The number of halogens is 2. The molecule has 1 aromatic carbocycles. The van der Waals surface area contributed by atoms with E-state index >= 15 is 0 Å². The smallest absolute Gasteiger partial charge is 0.243 e. The van der Waals surface area contributed by atoms with Crippen LogP contribution in [0.5, 0.6) is 0 Å². The van der Waals surface area contributed by atoms with Crippen LogP contribution in [0.1, 0.15) is 42.6 Å². The first-order valence-corrected chi connectivity index (χ1v) is 6.99. The predicted molar refractivity (Wildman–Crippen MR) is 80.4 cm³/mol. The number of aromatic nitrogens is 2. The molecule has 6 heteroatoms. The van der Waals surface area contributed by atoms with E-state index in [4.69, 9.17) is 16.1 Å². The van der Waals surface area contributed by atoms with Gasteiger partial charge in [-0.05, 0) is 37.1 Å². The molecule has 0 saturated carbocycles. The Kier molecular flexibility index (Phi) is 5.40. The summed E-state index contributed by atoms with van der Waals surface area (Å²) in [6.45, 7) is 1.03. The van der Waals surface area contributed by atoms with E-state index in [0.717, 1.165) is 29.4 Å². The zero-order chi connectivity index (χ0) is 13.1. The Bertz CT molecular complexity index is 536. The van der Waals surface area contributed by atoms with Gasteiger partial charge in [-0.2, -0.15) is 4.98 Å². The van der Waals surface area contributed by atoms with Crippen molar-refractivity contribution in [3.8, 4) is 0 Å². The van der Waals surface area contributed by atoms with Gasteiger partial charge in [-0.15, -0.1) is 12.4 Å². The Hall–Kier alpha value is -1.10. The third-order valence-corrected chi connectivity index (χ3v) is 3.62. The number of benzene rings is 1. The minimum atomic E-state index is 0. The molecule has 0 spiro atoms. The second-order valence-corrected chi connectivity index (χ2v) is 5.29. The van der Waals surface area contributed by atoms with Crippen LogP contribution in [0.3, 0.4) is 0 Å². The maximum absolute atomic E-state index is 5.86. The molecule has 0 bridgehead atoms. The molecule has 108 valence electrons. The number of hydrogen-bond donors (Lipinski definition) is 1. The van der Waals surface area contributed by atoms with Crippen molar-refractivity contribution in [3.63, 3.8) is 0 Å². The quantitative estimate of drug-likeness (QED) is 0.941. The monoisotopic (exact) mass is 313 g/mol. The molecule has 1 fully saturated rings. The van der Waals surface area contributed by atoms with Crippen molar-refractivity contribution in [1.82, 2.24) is 15.5 Å². The predicted octanol–water partition coefficient (Wildman–Crippen LogP) is 3.55. The van der Waals surface area contributed by atoms with Crippen LogP contribution in [0.2, 0.25) is 5.02 Å². The van der Waals surface area contributed by atoms with Crippen molar-refractivity contribution < 1.29 is 4.52 Å². The van der Waals surface area contributed by atoms with Crippen LogP contribution in [0.4, 0.5) is 0 Å². The van der Waals surface area contributed by atoms with Gasteiger partial charge in [-0.25, -0.2) is 0 Å². The zero-order valence-corrected chi connectivity index (χ0v) is 12.6. The summed E-state index contributed by atoms with van der Waals surface area (Å²) in [6.07, 6.45) is 4.19. The van der Waals surface area contributed by atoms with Crippen LogP contribution in [0.25, 0.3) is 0 Å². The lowest BCUT2D eigenvalue weighted by Gasteiger charge is -2.19. The van der Waals surface area contributed by atoms with E-state index in [1.165, 1.54) is 12.8 Å². The summed E-state index contributed by atoms with van der Waals surface area (Å²) < 4.78 is 5.35. The van der Waals surface area contributed by atoms with Crippen LogP contribution in [-0.4, -0.2) is 16.7 Å². The molecule has 4 nitrogen and oxygen atoms in total. The first-order valence-electron chi connectivity index (χ1n) is 6.61. The Morgan fingerprint density at radius 3 is 2.75 bits per heavy atom. The zero-order valence-electron chi connectivity index (χ0n) is 11.0. The van der Waals surface area contributed by atoms with E-state index in [2.05, 4.69) is 15.5 Å². The maximum Gasteiger partial charge on any atom is 0.243 e. The van der Waals surface area contributed by atoms with Gasteiger partial charge in [0.2, 0.25) is 5.89 Å². The molecule has 1 N–H and O–H groups in total. The van der Waals surface area contributed by atoms with Crippen molar-refractivity contribution in [2.75, 3.05) is 6.54 Å². The van der Waals surface area contributed by atoms with Gasteiger partial charge in [0.05, 0.1) is 6.04 Å². The number of rotatable bonds is 3. The lowest BCUT2D eigenvalue weighted by atomic mass is 10.1. The summed E-state index contributed by atoms with van der Waals surface area (Å²) in [6, 6.07) is 7.94. The lowest BCUT2D eigenvalue weighted by molar-refractivity contribution is 0.296. The third kappa shape index (κ3) is 3.72. The molecular formula is C14H17Cl2N3O. The van der Waals surface area contributed by atoms with E-state index in [0.29, 0.717) is 12.3 Å². The van der Waals surface area contributed by atoms with Gasteiger partial charge >= 0.3 is 0 Å². The Morgan fingerprint density at radius 2 is 2.05 bits per heavy atom. The van der Waals surface area contributed by atoms with Crippen molar-refractivity contribution in [1.29, 1.82) is 0 Å². The van der Waals surface area contributed by atoms with Gasteiger partial charge in [0.25, 0.3) is 0 Å². The molecule has 0 radical (unpaired) electrons. The molecular weight excluding hydrogens is 297 g/mol. The molecule has 0 unspecified atom stereocenters. The van der Waals surface area contributed by atoms with Gasteiger partial charge in [-0.3, -0.25) is 0 Å². The van der Waals surface area contributed by atoms with Gasteiger partial charge < -0.3 is 9.84 Å². The molecule has 1 saturated heterocycles. The average molecular weight is 314 g/mol. The minimum Gasteiger partial charge on any atom is -0.338 e. The van der Waals surface area contributed by atoms with Gasteiger partial charge in [0.1, 0.15) is 0 Å². The molecule has 2 heterocycles.